The topological polar surface area (TPSA) is 37.0 Å². The molecule has 0 aliphatic carbocycles. The molecule has 0 spiro atoms. The maximum atomic E-state index is 4.50. The summed E-state index contributed by atoms with van der Waals surface area (Å²) >= 11 is 0. The van der Waals surface area contributed by atoms with Gasteiger partial charge in [0.15, 0.2) is 0 Å². The van der Waals surface area contributed by atoms with Crippen LogP contribution in [-0.4, -0.2) is 18.1 Å². The van der Waals surface area contributed by atoms with Crippen molar-refractivity contribution in [3.63, 3.8) is 0 Å². The van der Waals surface area contributed by atoms with E-state index < -0.39 is 0 Å². The van der Waals surface area contributed by atoms with Gasteiger partial charge in [-0.25, -0.2) is 4.98 Å². The van der Waals surface area contributed by atoms with E-state index in [1.807, 2.05) is 6.20 Å². The van der Waals surface area contributed by atoms with Gasteiger partial charge < -0.3 is 10.6 Å². The normalized spacial score (nSPS) is 11.6. The maximum Gasteiger partial charge on any atom is 0.125 e. The van der Waals surface area contributed by atoms with E-state index in [0.717, 1.165) is 25.5 Å². The Labute approximate surface area is 124 Å². The lowest BCUT2D eigenvalue weighted by Gasteiger charge is -2.25. The Bertz CT molecular complexity index is 349. The van der Waals surface area contributed by atoms with Crippen molar-refractivity contribution in [2.24, 2.45) is 17.8 Å². The van der Waals surface area contributed by atoms with Gasteiger partial charge in [-0.3, -0.25) is 0 Å². The van der Waals surface area contributed by atoms with Gasteiger partial charge in [0, 0.05) is 19.3 Å². The van der Waals surface area contributed by atoms with E-state index in [4.69, 9.17) is 0 Å². The van der Waals surface area contributed by atoms with Crippen LogP contribution < -0.4 is 10.6 Å². The summed E-state index contributed by atoms with van der Waals surface area (Å²) in [6.45, 7) is 14.3. The van der Waals surface area contributed by atoms with Gasteiger partial charge in [0.05, 0.1) is 0 Å². The molecule has 0 radical (unpaired) electrons. The van der Waals surface area contributed by atoms with Crippen molar-refractivity contribution < 1.29 is 0 Å². The SMILES string of the molecule is CCCNCc1ccc(NCC(C(C)C)C(C)C)nc1. The summed E-state index contributed by atoms with van der Waals surface area (Å²) in [6.07, 6.45) is 3.13. The molecule has 0 atom stereocenters. The predicted molar refractivity (Wildman–Crippen MR) is 87.9 cm³/mol. The van der Waals surface area contributed by atoms with Crippen molar-refractivity contribution in [1.82, 2.24) is 10.3 Å². The second-order valence-electron chi connectivity index (χ2n) is 6.26. The van der Waals surface area contributed by atoms with E-state index in [2.05, 4.69) is 62.4 Å². The Morgan fingerprint density at radius 3 is 2.30 bits per heavy atom. The lowest BCUT2D eigenvalue weighted by molar-refractivity contribution is 0.304. The molecule has 0 fully saturated rings. The maximum absolute atomic E-state index is 4.50. The highest BCUT2D eigenvalue weighted by molar-refractivity contribution is 5.35. The molecule has 3 heteroatoms. The smallest absolute Gasteiger partial charge is 0.125 e. The molecule has 20 heavy (non-hydrogen) atoms. The molecule has 1 heterocycles. The highest BCUT2D eigenvalue weighted by Crippen LogP contribution is 2.20. The Morgan fingerprint density at radius 1 is 1.10 bits per heavy atom. The number of nitrogens with zero attached hydrogens (tertiary/aromatic N) is 1. The summed E-state index contributed by atoms with van der Waals surface area (Å²) in [7, 11) is 0. The molecular weight excluding hydrogens is 246 g/mol. The Hall–Kier alpha value is -1.09. The molecule has 1 aromatic heterocycles. The summed E-state index contributed by atoms with van der Waals surface area (Å²) in [5, 5.41) is 6.86. The molecule has 0 unspecified atom stereocenters. The van der Waals surface area contributed by atoms with Crippen LogP contribution in [0.4, 0.5) is 5.82 Å². The summed E-state index contributed by atoms with van der Waals surface area (Å²) in [6, 6.07) is 4.23. The number of rotatable bonds is 9. The minimum absolute atomic E-state index is 0.683. The van der Waals surface area contributed by atoms with Crippen LogP contribution in [0.3, 0.4) is 0 Å². The third-order valence-corrected chi connectivity index (χ3v) is 3.81. The van der Waals surface area contributed by atoms with Gasteiger partial charge >= 0.3 is 0 Å². The van der Waals surface area contributed by atoms with E-state index in [9.17, 15) is 0 Å². The second kappa shape index (κ2) is 8.96. The molecule has 0 saturated carbocycles. The van der Waals surface area contributed by atoms with E-state index in [1.165, 1.54) is 12.0 Å². The molecular formula is C17H31N3. The van der Waals surface area contributed by atoms with Crippen molar-refractivity contribution in [3.8, 4) is 0 Å². The zero-order valence-corrected chi connectivity index (χ0v) is 13.7. The van der Waals surface area contributed by atoms with Crippen LogP contribution in [0.5, 0.6) is 0 Å². The molecule has 0 saturated heterocycles. The van der Waals surface area contributed by atoms with Crippen molar-refractivity contribution in [1.29, 1.82) is 0 Å². The van der Waals surface area contributed by atoms with Crippen LogP contribution in [0.15, 0.2) is 18.3 Å². The molecule has 0 bridgehead atoms. The predicted octanol–water partition coefficient (Wildman–Crippen LogP) is 3.92. The quantitative estimate of drug-likeness (QED) is 0.672. The number of anilines is 1. The number of hydrogen-bond acceptors (Lipinski definition) is 3. The monoisotopic (exact) mass is 277 g/mol. The highest BCUT2D eigenvalue weighted by Gasteiger charge is 2.17. The molecule has 114 valence electrons. The Kier molecular flexibility index (Phi) is 7.60. The largest absolute Gasteiger partial charge is 0.370 e. The van der Waals surface area contributed by atoms with Gasteiger partial charge in [-0.05, 0) is 42.3 Å². The lowest BCUT2D eigenvalue weighted by Crippen LogP contribution is -2.24. The third-order valence-electron chi connectivity index (χ3n) is 3.81. The molecule has 2 N–H and O–H groups in total. The summed E-state index contributed by atoms with van der Waals surface area (Å²) < 4.78 is 0. The fraction of sp³-hybridized carbons (Fsp3) is 0.706. The van der Waals surface area contributed by atoms with Crippen molar-refractivity contribution in [3.05, 3.63) is 23.9 Å². The van der Waals surface area contributed by atoms with Gasteiger partial charge in [-0.2, -0.15) is 0 Å². The Balaban J connectivity index is 2.44. The van der Waals surface area contributed by atoms with E-state index >= 15 is 0 Å². The van der Waals surface area contributed by atoms with E-state index in [-0.39, 0.29) is 0 Å². The fourth-order valence-electron chi connectivity index (χ4n) is 2.51. The summed E-state index contributed by atoms with van der Waals surface area (Å²) in [4.78, 5) is 4.50. The number of pyridine rings is 1. The number of hydrogen-bond donors (Lipinski definition) is 2. The lowest BCUT2D eigenvalue weighted by atomic mass is 9.85. The van der Waals surface area contributed by atoms with Crippen LogP contribution in [0.2, 0.25) is 0 Å². The molecule has 3 nitrogen and oxygen atoms in total. The van der Waals surface area contributed by atoms with E-state index in [1.54, 1.807) is 0 Å². The first-order chi connectivity index (χ1) is 9.54. The first-order valence-electron chi connectivity index (χ1n) is 7.94. The average molecular weight is 277 g/mol. The molecule has 1 aromatic rings. The summed E-state index contributed by atoms with van der Waals surface area (Å²) in [5.41, 5.74) is 1.24. The summed E-state index contributed by atoms with van der Waals surface area (Å²) in [5.74, 6) is 3.05. The fourth-order valence-corrected chi connectivity index (χ4v) is 2.51. The van der Waals surface area contributed by atoms with Crippen LogP contribution >= 0.6 is 0 Å². The molecule has 0 aromatic carbocycles. The minimum Gasteiger partial charge on any atom is -0.370 e. The van der Waals surface area contributed by atoms with Crippen LogP contribution in [0, 0.1) is 17.8 Å². The number of aromatic nitrogens is 1. The Morgan fingerprint density at radius 2 is 1.80 bits per heavy atom. The minimum atomic E-state index is 0.683. The van der Waals surface area contributed by atoms with Crippen LogP contribution in [0.25, 0.3) is 0 Å². The zero-order valence-electron chi connectivity index (χ0n) is 13.7. The molecule has 0 aliphatic rings. The molecule has 1 rings (SSSR count). The van der Waals surface area contributed by atoms with Crippen LogP contribution in [-0.2, 0) is 6.54 Å². The van der Waals surface area contributed by atoms with Crippen molar-refractivity contribution in [2.75, 3.05) is 18.4 Å². The van der Waals surface area contributed by atoms with Crippen molar-refractivity contribution >= 4 is 5.82 Å². The van der Waals surface area contributed by atoms with Gasteiger partial charge in [-0.15, -0.1) is 0 Å². The van der Waals surface area contributed by atoms with Gasteiger partial charge in [0.2, 0.25) is 0 Å². The van der Waals surface area contributed by atoms with Crippen LogP contribution in [0.1, 0.15) is 46.6 Å². The van der Waals surface area contributed by atoms with Gasteiger partial charge in [0.1, 0.15) is 5.82 Å². The first kappa shape index (κ1) is 17.0. The highest BCUT2D eigenvalue weighted by atomic mass is 15.0. The van der Waals surface area contributed by atoms with Gasteiger partial charge in [-0.1, -0.05) is 40.7 Å². The van der Waals surface area contributed by atoms with E-state index in [0.29, 0.717) is 17.8 Å². The second-order valence-corrected chi connectivity index (χ2v) is 6.26. The zero-order chi connectivity index (χ0) is 15.0. The molecule has 0 aliphatic heterocycles. The third kappa shape index (κ3) is 5.91. The van der Waals surface area contributed by atoms with Gasteiger partial charge in [0.25, 0.3) is 0 Å². The molecule has 0 amide bonds. The van der Waals surface area contributed by atoms with Crippen molar-refractivity contribution in [2.45, 2.75) is 47.6 Å². The first-order valence-corrected chi connectivity index (χ1v) is 7.94. The standard InChI is InChI=1S/C17H31N3/c1-6-9-18-10-15-7-8-17(19-11-15)20-12-16(13(2)3)14(4)5/h7-8,11,13-14,16,18H,6,9-10,12H2,1-5H3,(H,19,20). The average Bonchev–Trinajstić information content (AvgIpc) is 2.40. The number of nitrogens with one attached hydrogen (secondary N) is 2.